The van der Waals surface area contributed by atoms with E-state index in [1.165, 1.54) is 11.3 Å². The molecule has 22 heavy (non-hydrogen) atoms. The van der Waals surface area contributed by atoms with Crippen LogP contribution in [0, 0.1) is 0 Å². The molecule has 0 atom stereocenters. The molecule has 6 nitrogen and oxygen atoms in total. The Balaban J connectivity index is 1.90. The number of hydrogen-bond acceptors (Lipinski definition) is 5. The molecule has 0 amide bonds. The van der Waals surface area contributed by atoms with Crippen LogP contribution in [-0.4, -0.2) is 29.6 Å². The van der Waals surface area contributed by atoms with Gasteiger partial charge in [0.25, 0.3) is 0 Å². The quantitative estimate of drug-likeness (QED) is 0.554. The molecule has 3 heterocycles. The van der Waals surface area contributed by atoms with Gasteiger partial charge >= 0.3 is 0 Å². The largest absolute Gasteiger partial charge is 0.263 e. The highest BCUT2D eigenvalue weighted by Crippen LogP contribution is 2.31. The normalized spacial score (nSPS) is 11.4. The van der Waals surface area contributed by atoms with Crippen molar-refractivity contribution in [2.75, 3.05) is 0 Å². The molecule has 9 heteroatoms. The first kappa shape index (κ1) is 13.7. The second-order valence-electron chi connectivity index (χ2n) is 4.60. The van der Waals surface area contributed by atoms with E-state index < -0.39 is 0 Å². The number of benzene rings is 1. The monoisotopic (exact) mass is 350 g/mol. The molecule has 3 aromatic heterocycles. The van der Waals surface area contributed by atoms with E-state index in [0.29, 0.717) is 26.5 Å². The summed E-state index contributed by atoms with van der Waals surface area (Å²) in [7, 11) is 1.80. The fourth-order valence-electron chi connectivity index (χ4n) is 2.17. The number of halogens is 2. The molecule has 0 radical (unpaired) electrons. The number of fused-ring (bicyclic) bond motifs is 1. The summed E-state index contributed by atoms with van der Waals surface area (Å²) in [5.74, 6) is 0.560. The number of hydrogen-bond donors (Lipinski definition) is 0. The number of aryl methyl sites for hydroxylation is 1. The Hall–Kier alpha value is -1.96. The number of rotatable bonds is 2. The summed E-state index contributed by atoms with van der Waals surface area (Å²) in [6.45, 7) is 0. The third-order valence-electron chi connectivity index (χ3n) is 3.17. The van der Waals surface area contributed by atoms with Crippen LogP contribution in [0.1, 0.15) is 0 Å². The van der Waals surface area contributed by atoms with Gasteiger partial charge < -0.3 is 0 Å². The van der Waals surface area contributed by atoms with Gasteiger partial charge in [-0.05, 0) is 12.1 Å². The molecule has 4 aromatic rings. The van der Waals surface area contributed by atoms with Crippen LogP contribution in [-0.2, 0) is 7.05 Å². The van der Waals surface area contributed by atoms with Gasteiger partial charge in [0.05, 0.1) is 11.2 Å². The first-order valence-corrected chi connectivity index (χ1v) is 7.87. The summed E-state index contributed by atoms with van der Waals surface area (Å²) < 4.78 is 3.32. The molecule has 0 bridgehead atoms. The summed E-state index contributed by atoms with van der Waals surface area (Å²) in [6, 6.07) is 7.53. The summed E-state index contributed by atoms with van der Waals surface area (Å²) in [5, 5.41) is 19.0. The predicted molar refractivity (Wildman–Crippen MR) is 86.3 cm³/mol. The fraction of sp³-hybridized carbons (Fsp3) is 0.0769. The minimum absolute atomic E-state index is 0.508. The van der Waals surface area contributed by atoms with E-state index >= 15 is 0 Å². The molecule has 0 N–H and O–H groups in total. The third-order valence-corrected chi connectivity index (χ3v) is 4.63. The number of aromatic nitrogens is 6. The van der Waals surface area contributed by atoms with E-state index in [4.69, 9.17) is 23.2 Å². The highest BCUT2D eigenvalue weighted by Gasteiger charge is 2.19. The summed E-state index contributed by atoms with van der Waals surface area (Å²) in [5.41, 5.74) is 1.61. The van der Waals surface area contributed by atoms with Crippen molar-refractivity contribution in [3.05, 3.63) is 40.5 Å². The highest BCUT2D eigenvalue weighted by molar-refractivity contribution is 7.19. The zero-order valence-corrected chi connectivity index (χ0v) is 13.6. The Labute approximate surface area is 138 Å². The Morgan fingerprint density at radius 3 is 2.77 bits per heavy atom. The van der Waals surface area contributed by atoms with Crippen LogP contribution in [0.25, 0.3) is 27.1 Å². The summed E-state index contributed by atoms with van der Waals surface area (Å²) >= 11 is 13.6. The Kier molecular flexibility index (Phi) is 3.14. The van der Waals surface area contributed by atoms with Crippen LogP contribution >= 0.6 is 34.5 Å². The average Bonchev–Trinajstić information content (AvgIpc) is 3.15. The smallest absolute Gasteiger partial charge is 0.235 e. The molecule has 0 aliphatic carbocycles. The van der Waals surface area contributed by atoms with Crippen molar-refractivity contribution < 1.29 is 0 Å². The first-order chi connectivity index (χ1) is 10.6. The van der Waals surface area contributed by atoms with Gasteiger partial charge in [-0.1, -0.05) is 46.7 Å². The van der Waals surface area contributed by atoms with Crippen molar-refractivity contribution in [1.29, 1.82) is 0 Å². The maximum absolute atomic E-state index is 6.18. The molecule has 0 unspecified atom stereocenters. The van der Waals surface area contributed by atoms with Gasteiger partial charge in [-0.15, -0.1) is 10.2 Å². The second kappa shape index (κ2) is 5.05. The van der Waals surface area contributed by atoms with Crippen LogP contribution in [0.3, 0.4) is 0 Å². The molecule has 0 aliphatic heterocycles. The molecule has 0 aliphatic rings. The van der Waals surface area contributed by atoms with Gasteiger partial charge in [0.1, 0.15) is 10.7 Å². The summed E-state index contributed by atoms with van der Waals surface area (Å²) in [6.07, 6.45) is 1.57. The van der Waals surface area contributed by atoms with Crippen LogP contribution < -0.4 is 0 Å². The van der Waals surface area contributed by atoms with Gasteiger partial charge in [-0.25, -0.2) is 0 Å². The van der Waals surface area contributed by atoms with E-state index in [1.54, 1.807) is 22.4 Å². The molecule has 0 spiro atoms. The average molecular weight is 351 g/mol. The van der Waals surface area contributed by atoms with Crippen molar-refractivity contribution in [1.82, 2.24) is 29.6 Å². The minimum atomic E-state index is 0.508. The van der Waals surface area contributed by atoms with Crippen molar-refractivity contribution >= 4 is 39.5 Å². The van der Waals surface area contributed by atoms with Gasteiger partial charge in [-0.2, -0.15) is 14.7 Å². The van der Waals surface area contributed by atoms with Crippen LogP contribution in [0.5, 0.6) is 0 Å². The zero-order valence-electron chi connectivity index (χ0n) is 11.2. The number of nitrogens with zero attached hydrogens (tertiary/aromatic N) is 6. The maximum Gasteiger partial charge on any atom is 0.235 e. The lowest BCUT2D eigenvalue weighted by molar-refractivity contribution is 0.764. The van der Waals surface area contributed by atoms with Crippen LogP contribution in [0.15, 0.2) is 30.5 Å². The molecule has 0 saturated carbocycles. The predicted octanol–water partition coefficient (Wildman–Crippen LogP) is 3.56. The van der Waals surface area contributed by atoms with Crippen molar-refractivity contribution in [2.45, 2.75) is 0 Å². The van der Waals surface area contributed by atoms with Crippen molar-refractivity contribution in [2.24, 2.45) is 7.05 Å². The van der Waals surface area contributed by atoms with E-state index in [0.717, 1.165) is 10.6 Å². The second-order valence-corrected chi connectivity index (χ2v) is 6.40. The van der Waals surface area contributed by atoms with E-state index in [-0.39, 0.29) is 0 Å². The molecule has 0 fully saturated rings. The molecule has 110 valence electrons. The minimum Gasteiger partial charge on any atom is -0.263 e. The maximum atomic E-state index is 6.18. The van der Waals surface area contributed by atoms with Crippen molar-refractivity contribution in [3.8, 4) is 22.1 Å². The molecule has 4 rings (SSSR count). The Bertz CT molecular complexity index is 966. The van der Waals surface area contributed by atoms with Crippen LogP contribution in [0.4, 0.5) is 0 Å². The first-order valence-electron chi connectivity index (χ1n) is 6.29. The molecular formula is C13H8Cl2N6S. The fourth-order valence-corrected chi connectivity index (χ4v) is 3.44. The lowest BCUT2D eigenvalue weighted by Crippen LogP contribution is -1.98. The van der Waals surface area contributed by atoms with Gasteiger partial charge in [0, 0.05) is 17.6 Å². The van der Waals surface area contributed by atoms with Gasteiger partial charge in [0.2, 0.25) is 10.8 Å². The Morgan fingerprint density at radius 2 is 2.05 bits per heavy atom. The lowest BCUT2D eigenvalue weighted by Gasteiger charge is -1.99. The zero-order chi connectivity index (χ0) is 15.3. The Morgan fingerprint density at radius 1 is 1.18 bits per heavy atom. The standard InChI is InChI=1S/C13H8Cl2N6S/c1-20-10(9(15)6-16-20)11-17-18-13-21(11)19-12(22-13)7-3-2-4-8(14)5-7/h2-6H,1H3. The SMILES string of the molecule is Cn1ncc(Cl)c1-c1nnc2sc(-c3cccc(Cl)c3)nn12. The van der Waals surface area contributed by atoms with E-state index in [1.807, 2.05) is 24.3 Å². The third kappa shape index (κ3) is 2.09. The van der Waals surface area contributed by atoms with E-state index in [9.17, 15) is 0 Å². The summed E-state index contributed by atoms with van der Waals surface area (Å²) in [4.78, 5) is 0.683. The van der Waals surface area contributed by atoms with E-state index in [2.05, 4.69) is 20.4 Å². The highest BCUT2D eigenvalue weighted by atomic mass is 35.5. The van der Waals surface area contributed by atoms with Gasteiger partial charge in [-0.3, -0.25) is 4.68 Å². The van der Waals surface area contributed by atoms with Crippen molar-refractivity contribution in [3.63, 3.8) is 0 Å². The lowest BCUT2D eigenvalue weighted by atomic mass is 10.2. The van der Waals surface area contributed by atoms with Crippen LogP contribution in [0.2, 0.25) is 10.0 Å². The topological polar surface area (TPSA) is 60.9 Å². The molecule has 0 saturated heterocycles. The molecule has 1 aromatic carbocycles. The van der Waals surface area contributed by atoms with Gasteiger partial charge in [0.15, 0.2) is 0 Å². The molecular weight excluding hydrogens is 343 g/mol.